The number of hydrogen-bond donors (Lipinski definition) is 3. The second kappa shape index (κ2) is 11.0. The van der Waals surface area contributed by atoms with Crippen LogP contribution in [0.25, 0.3) is 11.2 Å². The van der Waals surface area contributed by atoms with Gasteiger partial charge >= 0.3 is 5.69 Å². The molecule has 0 aliphatic rings. The molecule has 1 aromatic carbocycles. The summed E-state index contributed by atoms with van der Waals surface area (Å²) in [6, 6.07) is 4.70. The van der Waals surface area contributed by atoms with Gasteiger partial charge in [0.15, 0.2) is 11.2 Å². The SMILES string of the molecule is Cl.Cn1c(=O)c2c(ncn2CCNC(CO)C(O)c2ccc([N+](=O)[O-])cc2)n(C)c1=O.O. The zero-order valence-corrected chi connectivity index (χ0v) is 18.2. The zero-order chi connectivity index (χ0) is 22.0. The molecule has 5 N–H and O–H groups in total. The van der Waals surface area contributed by atoms with Gasteiger partial charge in [-0.3, -0.25) is 24.0 Å². The molecule has 0 saturated heterocycles. The molecular formula is C18H25ClN6O7. The number of aryl methyl sites for hydroxylation is 1. The van der Waals surface area contributed by atoms with Crippen LogP contribution < -0.4 is 16.6 Å². The number of nitro groups is 1. The Morgan fingerprint density at radius 3 is 2.38 bits per heavy atom. The third-order valence-electron chi connectivity index (χ3n) is 5.00. The summed E-state index contributed by atoms with van der Waals surface area (Å²) in [6.07, 6.45) is 0.359. The molecule has 2 unspecified atom stereocenters. The minimum atomic E-state index is -1.09. The molecule has 0 fully saturated rings. The molecule has 2 atom stereocenters. The maximum atomic E-state index is 12.4. The highest BCUT2D eigenvalue weighted by molar-refractivity contribution is 5.85. The average molecular weight is 473 g/mol. The number of rotatable bonds is 8. The Bertz CT molecular complexity index is 1190. The number of benzene rings is 1. The van der Waals surface area contributed by atoms with Gasteiger partial charge in [0.25, 0.3) is 11.2 Å². The molecule has 3 rings (SSSR count). The minimum absolute atomic E-state index is 0. The van der Waals surface area contributed by atoms with Gasteiger partial charge in [0.2, 0.25) is 0 Å². The summed E-state index contributed by atoms with van der Waals surface area (Å²) < 4.78 is 3.88. The molecule has 2 aromatic heterocycles. The van der Waals surface area contributed by atoms with Crippen molar-refractivity contribution in [2.45, 2.75) is 18.7 Å². The maximum absolute atomic E-state index is 12.4. The van der Waals surface area contributed by atoms with Crippen LogP contribution in [0, 0.1) is 10.1 Å². The van der Waals surface area contributed by atoms with Crippen molar-refractivity contribution in [3.63, 3.8) is 0 Å². The van der Waals surface area contributed by atoms with Crippen molar-refractivity contribution in [3.8, 4) is 0 Å². The smallest absolute Gasteiger partial charge is 0.332 e. The van der Waals surface area contributed by atoms with Crippen molar-refractivity contribution >= 4 is 29.3 Å². The van der Waals surface area contributed by atoms with Crippen LogP contribution >= 0.6 is 12.4 Å². The maximum Gasteiger partial charge on any atom is 0.332 e. The Morgan fingerprint density at radius 1 is 1.19 bits per heavy atom. The molecule has 14 heteroatoms. The van der Waals surface area contributed by atoms with Crippen LogP contribution in [0.15, 0.2) is 40.2 Å². The van der Waals surface area contributed by atoms with Crippen molar-refractivity contribution in [3.05, 3.63) is 67.1 Å². The highest BCUT2D eigenvalue weighted by Crippen LogP contribution is 2.20. The lowest BCUT2D eigenvalue weighted by atomic mass is 10.0. The number of non-ortho nitro benzene ring substituents is 1. The van der Waals surface area contributed by atoms with Crippen LogP contribution in [0.2, 0.25) is 0 Å². The summed E-state index contributed by atoms with van der Waals surface area (Å²) in [7, 11) is 2.92. The Labute approximate surface area is 187 Å². The van der Waals surface area contributed by atoms with Crippen molar-refractivity contribution in [1.29, 1.82) is 0 Å². The number of imidazole rings is 1. The lowest BCUT2D eigenvalue weighted by Gasteiger charge is -2.22. The number of aliphatic hydroxyl groups is 2. The number of nitrogens with zero attached hydrogens (tertiary/aromatic N) is 5. The Morgan fingerprint density at radius 2 is 1.81 bits per heavy atom. The number of aromatic nitrogens is 4. The summed E-state index contributed by atoms with van der Waals surface area (Å²) in [4.78, 5) is 38.8. The summed E-state index contributed by atoms with van der Waals surface area (Å²) in [5.41, 5.74) is -0.0604. The topological polar surface area (TPSA) is 189 Å². The lowest BCUT2D eigenvalue weighted by molar-refractivity contribution is -0.384. The largest absolute Gasteiger partial charge is 0.412 e. The fourth-order valence-corrected chi connectivity index (χ4v) is 3.24. The Hall–Kier alpha value is -3.10. The van der Waals surface area contributed by atoms with Crippen LogP contribution in [0.5, 0.6) is 0 Å². The van der Waals surface area contributed by atoms with E-state index in [0.29, 0.717) is 12.1 Å². The highest BCUT2D eigenvalue weighted by Gasteiger charge is 2.21. The van der Waals surface area contributed by atoms with Crippen LogP contribution in [0.3, 0.4) is 0 Å². The van der Waals surface area contributed by atoms with E-state index < -0.39 is 28.3 Å². The summed E-state index contributed by atoms with van der Waals surface area (Å²) in [6.45, 7) is 0.208. The van der Waals surface area contributed by atoms with Crippen molar-refractivity contribution in [1.82, 2.24) is 24.0 Å². The van der Waals surface area contributed by atoms with Gasteiger partial charge in [-0.15, -0.1) is 12.4 Å². The van der Waals surface area contributed by atoms with Crippen LogP contribution in [0.1, 0.15) is 11.7 Å². The molecule has 0 bridgehead atoms. The van der Waals surface area contributed by atoms with Crippen LogP contribution in [-0.4, -0.2) is 58.5 Å². The number of nitrogens with one attached hydrogen (secondary N) is 1. The predicted octanol–water partition coefficient (Wildman–Crippen LogP) is -1.38. The summed E-state index contributed by atoms with van der Waals surface area (Å²) >= 11 is 0. The average Bonchev–Trinajstić information content (AvgIpc) is 3.17. The predicted molar refractivity (Wildman–Crippen MR) is 118 cm³/mol. The fourth-order valence-electron chi connectivity index (χ4n) is 3.24. The molecule has 0 aliphatic carbocycles. The normalized spacial score (nSPS) is 12.6. The second-order valence-electron chi connectivity index (χ2n) is 6.85. The van der Waals surface area contributed by atoms with Gasteiger partial charge in [-0.2, -0.15) is 0 Å². The standard InChI is InChI=1S/C18H22N6O6.ClH.H2O/c1-21-16-14(17(27)22(2)18(21)28)23(10-20-16)8-7-19-13(9-25)15(26)11-3-5-12(6-4-11)24(29)30;;/h3-6,10,13,15,19,25-26H,7-9H2,1-2H3;1H;1H2. The number of hydrogen-bond acceptors (Lipinski definition) is 8. The lowest BCUT2D eigenvalue weighted by Crippen LogP contribution is -2.40. The van der Waals surface area contributed by atoms with Crippen molar-refractivity contribution < 1.29 is 20.6 Å². The molecule has 0 aliphatic heterocycles. The number of aliphatic hydroxyl groups excluding tert-OH is 2. The van der Waals surface area contributed by atoms with Gasteiger partial charge in [0.1, 0.15) is 0 Å². The molecule has 13 nitrogen and oxygen atoms in total. The van der Waals surface area contributed by atoms with E-state index in [2.05, 4.69) is 10.3 Å². The van der Waals surface area contributed by atoms with Crippen molar-refractivity contribution in [2.75, 3.05) is 13.2 Å². The number of halogens is 1. The van der Waals surface area contributed by atoms with Gasteiger partial charge in [0.05, 0.1) is 30.0 Å². The van der Waals surface area contributed by atoms with E-state index in [0.717, 1.165) is 4.57 Å². The highest BCUT2D eigenvalue weighted by atomic mass is 35.5. The van der Waals surface area contributed by atoms with E-state index in [4.69, 9.17) is 0 Å². The summed E-state index contributed by atoms with van der Waals surface area (Å²) in [5.74, 6) is 0. The Kier molecular flexibility index (Phi) is 9.23. The zero-order valence-electron chi connectivity index (χ0n) is 17.3. The van der Waals surface area contributed by atoms with Gasteiger partial charge in [-0.25, -0.2) is 9.78 Å². The molecule has 0 radical (unpaired) electrons. The van der Waals surface area contributed by atoms with E-state index in [-0.39, 0.29) is 47.9 Å². The summed E-state index contributed by atoms with van der Waals surface area (Å²) in [5, 5.41) is 33.9. The number of nitro benzene ring substituents is 1. The van der Waals surface area contributed by atoms with E-state index in [1.807, 2.05) is 0 Å². The van der Waals surface area contributed by atoms with E-state index >= 15 is 0 Å². The second-order valence-corrected chi connectivity index (χ2v) is 6.85. The minimum Gasteiger partial charge on any atom is -0.412 e. The molecular weight excluding hydrogens is 448 g/mol. The fraction of sp³-hybridized carbons (Fsp3) is 0.389. The molecule has 0 saturated carbocycles. The molecule has 0 amide bonds. The van der Waals surface area contributed by atoms with E-state index in [1.54, 1.807) is 4.57 Å². The van der Waals surface area contributed by atoms with Crippen LogP contribution in [-0.2, 0) is 20.6 Å². The van der Waals surface area contributed by atoms with Crippen LogP contribution in [0.4, 0.5) is 5.69 Å². The third-order valence-corrected chi connectivity index (χ3v) is 5.00. The van der Waals surface area contributed by atoms with E-state index in [1.165, 1.54) is 49.3 Å². The molecule has 3 aromatic rings. The van der Waals surface area contributed by atoms with Gasteiger partial charge in [-0.05, 0) is 17.7 Å². The van der Waals surface area contributed by atoms with E-state index in [9.17, 15) is 29.9 Å². The first-order valence-electron chi connectivity index (χ1n) is 9.13. The quantitative estimate of drug-likeness (QED) is 0.264. The van der Waals surface area contributed by atoms with Gasteiger partial charge in [0, 0.05) is 39.3 Å². The van der Waals surface area contributed by atoms with Crippen molar-refractivity contribution in [2.24, 2.45) is 14.1 Å². The number of fused-ring (bicyclic) bond motifs is 1. The first-order chi connectivity index (χ1) is 14.3. The third kappa shape index (κ3) is 5.03. The van der Waals surface area contributed by atoms with Gasteiger partial charge in [-0.1, -0.05) is 0 Å². The van der Waals surface area contributed by atoms with Gasteiger partial charge < -0.3 is 25.6 Å². The monoisotopic (exact) mass is 472 g/mol. The molecule has 32 heavy (non-hydrogen) atoms. The molecule has 176 valence electrons. The first-order valence-corrected chi connectivity index (χ1v) is 9.13. The molecule has 0 spiro atoms. The Balaban J connectivity index is 0.00000256. The molecule has 2 heterocycles. The first kappa shape index (κ1) is 26.9.